The maximum absolute atomic E-state index is 12.2. The summed E-state index contributed by atoms with van der Waals surface area (Å²) in [5, 5.41) is 14.4. The first-order valence-electron chi connectivity index (χ1n) is 10.1. The number of piperidine rings is 1. The van der Waals surface area contributed by atoms with Gasteiger partial charge in [-0.15, -0.1) is 0 Å². The van der Waals surface area contributed by atoms with Crippen molar-refractivity contribution in [2.45, 2.75) is 12.8 Å². The van der Waals surface area contributed by atoms with Gasteiger partial charge in [0.15, 0.2) is 18.1 Å². The molecule has 0 bridgehead atoms. The second-order valence-corrected chi connectivity index (χ2v) is 7.37. The van der Waals surface area contributed by atoms with Crippen molar-refractivity contribution in [1.82, 2.24) is 15.3 Å². The number of amides is 1. The van der Waals surface area contributed by atoms with Gasteiger partial charge in [-0.1, -0.05) is 30.3 Å². The van der Waals surface area contributed by atoms with Crippen LogP contribution in [-0.2, 0) is 4.79 Å². The highest BCUT2D eigenvalue weighted by molar-refractivity contribution is 5.84. The maximum atomic E-state index is 12.2. The van der Waals surface area contributed by atoms with Crippen LogP contribution in [0.4, 0.5) is 5.82 Å². The fourth-order valence-corrected chi connectivity index (χ4v) is 3.71. The molecule has 1 aliphatic rings. The number of carbonyl (C=O) groups is 1. The highest BCUT2D eigenvalue weighted by Gasteiger charge is 2.22. The predicted octanol–water partition coefficient (Wildman–Crippen LogP) is 2.91. The SMILES string of the molecule is N#Cc1nccnc1N1CCC(CNC(=O)COc2ccc3ccccc3c2)CC1. The summed E-state index contributed by atoms with van der Waals surface area (Å²) in [6.07, 6.45) is 4.99. The van der Waals surface area contributed by atoms with Crippen LogP contribution in [0.1, 0.15) is 18.5 Å². The molecule has 1 N–H and O–H groups in total. The molecule has 1 saturated heterocycles. The number of anilines is 1. The molecule has 0 aliphatic carbocycles. The first-order valence-corrected chi connectivity index (χ1v) is 10.1. The number of nitrogens with zero attached hydrogens (tertiary/aromatic N) is 4. The van der Waals surface area contributed by atoms with E-state index in [9.17, 15) is 10.1 Å². The van der Waals surface area contributed by atoms with Crippen LogP contribution in [0, 0.1) is 17.2 Å². The Balaban J connectivity index is 1.21. The summed E-state index contributed by atoms with van der Waals surface area (Å²) in [5.41, 5.74) is 0.357. The fourth-order valence-electron chi connectivity index (χ4n) is 3.71. The van der Waals surface area contributed by atoms with E-state index >= 15 is 0 Å². The van der Waals surface area contributed by atoms with Crippen molar-refractivity contribution in [2.24, 2.45) is 5.92 Å². The first kappa shape index (κ1) is 19.6. The average molecular weight is 401 g/mol. The molecule has 1 fully saturated rings. The zero-order valence-electron chi connectivity index (χ0n) is 16.6. The Hall–Kier alpha value is -3.66. The molecule has 1 aromatic heterocycles. The van der Waals surface area contributed by atoms with E-state index in [-0.39, 0.29) is 12.5 Å². The number of aromatic nitrogens is 2. The van der Waals surface area contributed by atoms with Crippen LogP contribution in [0.5, 0.6) is 5.75 Å². The van der Waals surface area contributed by atoms with Crippen LogP contribution in [0.2, 0.25) is 0 Å². The molecule has 2 aromatic carbocycles. The molecule has 152 valence electrons. The lowest BCUT2D eigenvalue weighted by Gasteiger charge is -2.32. The van der Waals surface area contributed by atoms with Crippen molar-refractivity contribution in [2.75, 3.05) is 31.1 Å². The highest BCUT2D eigenvalue weighted by Crippen LogP contribution is 2.23. The Kier molecular flexibility index (Phi) is 6.04. The van der Waals surface area contributed by atoms with E-state index in [0.717, 1.165) is 36.7 Å². The van der Waals surface area contributed by atoms with Crippen molar-refractivity contribution in [1.29, 1.82) is 5.26 Å². The molecule has 4 rings (SSSR count). The second kappa shape index (κ2) is 9.23. The topological polar surface area (TPSA) is 91.1 Å². The number of carbonyl (C=O) groups excluding carboxylic acids is 1. The minimum Gasteiger partial charge on any atom is -0.484 e. The van der Waals surface area contributed by atoms with Gasteiger partial charge in [0.05, 0.1) is 0 Å². The van der Waals surface area contributed by atoms with Gasteiger partial charge in [-0.2, -0.15) is 5.26 Å². The Labute approximate surface area is 175 Å². The number of hydrogen-bond acceptors (Lipinski definition) is 6. The molecule has 7 nitrogen and oxygen atoms in total. The molecule has 0 unspecified atom stereocenters. The number of ether oxygens (including phenoxy) is 1. The zero-order chi connectivity index (χ0) is 20.8. The molecule has 7 heteroatoms. The summed E-state index contributed by atoms with van der Waals surface area (Å²) in [6, 6.07) is 16.0. The average Bonchev–Trinajstić information content (AvgIpc) is 2.81. The van der Waals surface area contributed by atoms with Gasteiger partial charge in [0, 0.05) is 32.0 Å². The standard InChI is InChI=1S/C23H23N5O2/c24-14-21-23(26-10-9-25-21)28-11-7-17(8-12-28)15-27-22(29)16-30-20-6-5-18-3-1-2-4-19(18)13-20/h1-6,9-10,13,17H,7-8,11-12,15-16H2,(H,27,29). The summed E-state index contributed by atoms with van der Waals surface area (Å²) in [6.45, 7) is 2.21. The van der Waals surface area contributed by atoms with Crippen molar-refractivity contribution >= 4 is 22.5 Å². The van der Waals surface area contributed by atoms with Crippen LogP contribution in [-0.4, -0.2) is 42.1 Å². The van der Waals surface area contributed by atoms with Crippen LogP contribution in [0.15, 0.2) is 54.9 Å². The number of rotatable bonds is 6. The third-order valence-electron chi connectivity index (χ3n) is 5.38. The molecule has 0 saturated carbocycles. The normalized spacial score (nSPS) is 14.3. The number of benzene rings is 2. The van der Waals surface area contributed by atoms with E-state index in [1.54, 1.807) is 6.20 Å². The maximum Gasteiger partial charge on any atom is 0.257 e. The highest BCUT2D eigenvalue weighted by atomic mass is 16.5. The molecule has 1 amide bonds. The lowest BCUT2D eigenvalue weighted by molar-refractivity contribution is -0.123. The first-order chi connectivity index (χ1) is 14.7. The van der Waals surface area contributed by atoms with Gasteiger partial charge in [0.2, 0.25) is 0 Å². The Morgan fingerprint density at radius 2 is 1.90 bits per heavy atom. The van der Waals surface area contributed by atoms with Gasteiger partial charge in [-0.3, -0.25) is 4.79 Å². The molecule has 30 heavy (non-hydrogen) atoms. The number of hydrogen-bond donors (Lipinski definition) is 1. The smallest absolute Gasteiger partial charge is 0.257 e. The van der Waals surface area contributed by atoms with Gasteiger partial charge in [0.1, 0.15) is 11.8 Å². The Morgan fingerprint density at radius 3 is 2.70 bits per heavy atom. The van der Waals surface area contributed by atoms with E-state index in [2.05, 4.69) is 26.3 Å². The van der Waals surface area contributed by atoms with Crippen molar-refractivity contribution < 1.29 is 9.53 Å². The minimum absolute atomic E-state index is 0.00230. The van der Waals surface area contributed by atoms with Crippen molar-refractivity contribution in [3.8, 4) is 11.8 Å². The lowest BCUT2D eigenvalue weighted by atomic mass is 9.96. The van der Waals surface area contributed by atoms with Gasteiger partial charge in [0.25, 0.3) is 5.91 Å². The summed E-state index contributed by atoms with van der Waals surface area (Å²) < 4.78 is 5.65. The number of nitriles is 1. The Morgan fingerprint density at radius 1 is 1.13 bits per heavy atom. The molecular formula is C23H23N5O2. The zero-order valence-corrected chi connectivity index (χ0v) is 16.6. The van der Waals surface area contributed by atoms with Gasteiger partial charge in [-0.25, -0.2) is 9.97 Å². The second-order valence-electron chi connectivity index (χ2n) is 7.37. The quantitative estimate of drug-likeness (QED) is 0.683. The summed E-state index contributed by atoms with van der Waals surface area (Å²) in [4.78, 5) is 22.7. The molecular weight excluding hydrogens is 378 g/mol. The molecule has 2 heterocycles. The van der Waals surface area contributed by atoms with Crippen LogP contribution in [0.25, 0.3) is 10.8 Å². The van der Waals surface area contributed by atoms with Gasteiger partial charge in [-0.05, 0) is 41.7 Å². The van der Waals surface area contributed by atoms with Crippen LogP contribution >= 0.6 is 0 Å². The molecule has 0 spiro atoms. The van der Waals surface area contributed by atoms with E-state index in [0.29, 0.717) is 29.7 Å². The van der Waals surface area contributed by atoms with Crippen LogP contribution in [0.3, 0.4) is 0 Å². The van der Waals surface area contributed by atoms with E-state index in [4.69, 9.17) is 4.74 Å². The van der Waals surface area contributed by atoms with E-state index in [1.165, 1.54) is 6.20 Å². The predicted molar refractivity (Wildman–Crippen MR) is 114 cm³/mol. The molecule has 3 aromatic rings. The third kappa shape index (κ3) is 4.66. The summed E-state index contributed by atoms with van der Waals surface area (Å²) >= 11 is 0. The summed E-state index contributed by atoms with van der Waals surface area (Å²) in [5.74, 6) is 1.61. The number of nitrogens with one attached hydrogen (secondary N) is 1. The van der Waals surface area contributed by atoms with Crippen molar-refractivity contribution in [3.05, 3.63) is 60.6 Å². The number of fused-ring (bicyclic) bond motifs is 1. The summed E-state index contributed by atoms with van der Waals surface area (Å²) in [7, 11) is 0. The monoisotopic (exact) mass is 401 g/mol. The molecule has 0 atom stereocenters. The lowest BCUT2D eigenvalue weighted by Crippen LogP contribution is -2.40. The molecule has 0 radical (unpaired) electrons. The van der Waals surface area contributed by atoms with Crippen LogP contribution < -0.4 is 15.0 Å². The Bertz CT molecular complexity index is 1070. The largest absolute Gasteiger partial charge is 0.484 e. The minimum atomic E-state index is -0.119. The van der Waals surface area contributed by atoms with E-state index in [1.807, 2.05) is 42.5 Å². The van der Waals surface area contributed by atoms with E-state index < -0.39 is 0 Å². The van der Waals surface area contributed by atoms with Gasteiger partial charge >= 0.3 is 0 Å². The third-order valence-corrected chi connectivity index (χ3v) is 5.38. The van der Waals surface area contributed by atoms with Crippen molar-refractivity contribution in [3.63, 3.8) is 0 Å². The molecule has 1 aliphatic heterocycles. The fraction of sp³-hybridized carbons (Fsp3) is 0.304. The van der Waals surface area contributed by atoms with Gasteiger partial charge < -0.3 is 15.0 Å².